The number of hydrogen-bond acceptors (Lipinski definition) is 5. The minimum absolute atomic E-state index is 0.105. The maximum Gasteiger partial charge on any atom is 0.408 e. The molecule has 2 amide bonds. The summed E-state index contributed by atoms with van der Waals surface area (Å²) < 4.78 is 10.3. The zero-order valence-corrected chi connectivity index (χ0v) is 15.1. The van der Waals surface area contributed by atoms with Crippen LogP contribution in [0.1, 0.15) is 39.7 Å². The van der Waals surface area contributed by atoms with Crippen LogP contribution in [0, 0.1) is 0 Å². The zero-order chi connectivity index (χ0) is 18.9. The lowest BCUT2D eigenvalue weighted by Gasteiger charge is -2.23. The Kier molecular flexibility index (Phi) is 7.91. The lowest BCUT2D eigenvalue weighted by atomic mass is 10.2. The van der Waals surface area contributed by atoms with Crippen LogP contribution in [0.25, 0.3) is 0 Å². The van der Waals surface area contributed by atoms with Crippen molar-refractivity contribution in [2.24, 2.45) is 0 Å². The van der Waals surface area contributed by atoms with Crippen molar-refractivity contribution in [2.75, 3.05) is 6.54 Å². The van der Waals surface area contributed by atoms with Gasteiger partial charge in [0.2, 0.25) is 5.91 Å². The lowest BCUT2D eigenvalue weighted by molar-refractivity contribution is -0.147. The average Bonchev–Trinajstić information content (AvgIpc) is 2.51. The Morgan fingerprint density at radius 2 is 1.76 bits per heavy atom. The molecule has 0 aliphatic heterocycles. The second-order valence-electron chi connectivity index (χ2n) is 6.44. The Bertz CT molecular complexity index is 581. The number of benzene rings is 1. The summed E-state index contributed by atoms with van der Waals surface area (Å²) >= 11 is 0. The van der Waals surface area contributed by atoms with Gasteiger partial charge in [-0.15, -0.1) is 0 Å². The molecule has 0 fully saturated rings. The summed E-state index contributed by atoms with van der Waals surface area (Å²) in [6, 6.07) is 8.13. The average molecular weight is 350 g/mol. The molecule has 0 heterocycles. The third kappa shape index (κ3) is 8.74. The summed E-state index contributed by atoms with van der Waals surface area (Å²) in [5.41, 5.74) is 0.134. The van der Waals surface area contributed by atoms with Crippen molar-refractivity contribution in [3.05, 3.63) is 35.9 Å². The monoisotopic (exact) mass is 350 g/mol. The van der Waals surface area contributed by atoms with E-state index in [1.54, 1.807) is 27.7 Å². The van der Waals surface area contributed by atoms with Crippen molar-refractivity contribution < 1.29 is 23.9 Å². The summed E-state index contributed by atoms with van der Waals surface area (Å²) in [6.07, 6.45) is -1.04. The predicted molar refractivity (Wildman–Crippen MR) is 92.7 cm³/mol. The van der Waals surface area contributed by atoms with E-state index in [9.17, 15) is 14.4 Å². The van der Waals surface area contributed by atoms with Crippen LogP contribution in [0.15, 0.2) is 30.3 Å². The van der Waals surface area contributed by atoms with E-state index in [-0.39, 0.29) is 13.0 Å². The molecule has 0 radical (unpaired) electrons. The van der Waals surface area contributed by atoms with Crippen LogP contribution < -0.4 is 10.6 Å². The number of esters is 1. The van der Waals surface area contributed by atoms with Crippen molar-refractivity contribution in [2.45, 2.75) is 52.4 Å². The highest BCUT2D eigenvalue weighted by molar-refractivity contribution is 5.89. The van der Waals surface area contributed by atoms with E-state index in [2.05, 4.69) is 10.6 Å². The normalized spacial score (nSPS) is 12.0. The van der Waals surface area contributed by atoms with Crippen molar-refractivity contribution in [3.63, 3.8) is 0 Å². The van der Waals surface area contributed by atoms with Crippen molar-refractivity contribution in [1.29, 1.82) is 0 Å². The first-order chi connectivity index (χ1) is 11.7. The van der Waals surface area contributed by atoms with Gasteiger partial charge in [0.05, 0.1) is 6.42 Å². The van der Waals surface area contributed by atoms with E-state index >= 15 is 0 Å². The summed E-state index contributed by atoms with van der Waals surface area (Å²) in [7, 11) is 0. The molecule has 0 saturated carbocycles. The molecule has 25 heavy (non-hydrogen) atoms. The fourth-order valence-corrected chi connectivity index (χ4v) is 1.92. The lowest BCUT2D eigenvalue weighted by Crippen LogP contribution is -2.49. The number of hydrogen-bond donors (Lipinski definition) is 2. The quantitative estimate of drug-likeness (QED) is 0.735. The molecule has 1 atom stereocenters. The van der Waals surface area contributed by atoms with Crippen LogP contribution in [-0.2, 0) is 25.7 Å². The van der Waals surface area contributed by atoms with Gasteiger partial charge < -0.3 is 20.1 Å². The summed E-state index contributed by atoms with van der Waals surface area (Å²) in [5, 5.41) is 4.99. The second kappa shape index (κ2) is 9.66. The van der Waals surface area contributed by atoms with Gasteiger partial charge in [-0.2, -0.15) is 0 Å². The molecule has 7 heteroatoms. The standard InChI is InChI=1S/C18H26N2O5/c1-5-19-16(22)14(20-17(23)25-18(2,3)4)11-15(21)24-12-13-9-7-6-8-10-13/h6-10,14H,5,11-12H2,1-4H3,(H,19,22)(H,20,23)/t14-/m0/s1. The van der Waals surface area contributed by atoms with Crippen LogP contribution in [0.3, 0.4) is 0 Å². The highest BCUT2D eigenvalue weighted by atomic mass is 16.6. The molecule has 1 aromatic carbocycles. The topological polar surface area (TPSA) is 93.7 Å². The highest BCUT2D eigenvalue weighted by Gasteiger charge is 2.26. The van der Waals surface area contributed by atoms with Crippen molar-refractivity contribution >= 4 is 18.0 Å². The van der Waals surface area contributed by atoms with Crippen molar-refractivity contribution in [1.82, 2.24) is 10.6 Å². The molecule has 1 rings (SSSR count). The van der Waals surface area contributed by atoms with Gasteiger partial charge in [-0.1, -0.05) is 30.3 Å². The third-order valence-corrected chi connectivity index (χ3v) is 2.97. The Labute approximate surface area is 148 Å². The summed E-state index contributed by atoms with van der Waals surface area (Å²) in [5.74, 6) is -1.05. The first-order valence-electron chi connectivity index (χ1n) is 8.18. The third-order valence-electron chi connectivity index (χ3n) is 2.97. The molecular formula is C18H26N2O5. The number of amides is 2. The Hall–Kier alpha value is -2.57. The molecule has 7 nitrogen and oxygen atoms in total. The van der Waals surface area contributed by atoms with E-state index in [0.717, 1.165) is 5.56 Å². The molecule has 0 bridgehead atoms. The first kappa shape index (κ1) is 20.5. The van der Waals surface area contributed by atoms with E-state index in [1.807, 2.05) is 30.3 Å². The number of alkyl carbamates (subject to hydrolysis) is 1. The fourth-order valence-electron chi connectivity index (χ4n) is 1.92. The van der Waals surface area contributed by atoms with Crippen LogP contribution >= 0.6 is 0 Å². The van der Waals surface area contributed by atoms with Crippen LogP contribution in [-0.4, -0.2) is 36.2 Å². The molecule has 0 saturated heterocycles. The molecule has 1 aromatic rings. The number of rotatable bonds is 7. The van der Waals surface area contributed by atoms with Crippen LogP contribution in [0.5, 0.6) is 0 Å². The molecular weight excluding hydrogens is 324 g/mol. The Morgan fingerprint density at radius 3 is 2.32 bits per heavy atom. The number of carbonyl (C=O) groups excluding carboxylic acids is 3. The molecule has 2 N–H and O–H groups in total. The van der Waals surface area contributed by atoms with Gasteiger partial charge in [0, 0.05) is 6.54 Å². The van der Waals surface area contributed by atoms with Gasteiger partial charge in [-0.3, -0.25) is 9.59 Å². The summed E-state index contributed by atoms with van der Waals surface area (Å²) in [6.45, 7) is 7.36. The van der Waals surface area contributed by atoms with Gasteiger partial charge >= 0.3 is 12.1 Å². The molecule has 0 aliphatic rings. The molecule has 0 aromatic heterocycles. The maximum atomic E-state index is 12.1. The van der Waals surface area contributed by atoms with Crippen LogP contribution in [0.2, 0.25) is 0 Å². The number of nitrogens with one attached hydrogen (secondary N) is 2. The smallest absolute Gasteiger partial charge is 0.408 e. The number of carbonyl (C=O) groups is 3. The van der Waals surface area contributed by atoms with Gasteiger partial charge in [-0.25, -0.2) is 4.79 Å². The van der Waals surface area contributed by atoms with E-state index in [1.165, 1.54) is 0 Å². The maximum absolute atomic E-state index is 12.1. The van der Waals surface area contributed by atoms with E-state index in [0.29, 0.717) is 6.54 Å². The molecule has 0 aliphatic carbocycles. The van der Waals surface area contributed by atoms with E-state index in [4.69, 9.17) is 9.47 Å². The largest absolute Gasteiger partial charge is 0.461 e. The number of ether oxygens (including phenoxy) is 2. The van der Waals surface area contributed by atoms with E-state index < -0.39 is 29.6 Å². The zero-order valence-electron chi connectivity index (χ0n) is 15.1. The minimum atomic E-state index is -1.06. The van der Waals surface area contributed by atoms with Crippen LogP contribution in [0.4, 0.5) is 4.79 Å². The summed E-state index contributed by atoms with van der Waals surface area (Å²) in [4.78, 5) is 35.9. The van der Waals surface area contributed by atoms with Crippen molar-refractivity contribution in [3.8, 4) is 0 Å². The molecule has 0 unspecified atom stereocenters. The van der Waals surface area contributed by atoms with Gasteiger partial charge in [0.25, 0.3) is 0 Å². The SMILES string of the molecule is CCNC(=O)[C@H](CC(=O)OCc1ccccc1)NC(=O)OC(C)(C)C. The second-order valence-corrected chi connectivity index (χ2v) is 6.44. The molecule has 138 valence electrons. The fraction of sp³-hybridized carbons (Fsp3) is 0.500. The van der Waals surface area contributed by atoms with Gasteiger partial charge in [-0.05, 0) is 33.3 Å². The predicted octanol–water partition coefficient (Wildman–Crippen LogP) is 2.15. The first-order valence-corrected chi connectivity index (χ1v) is 8.18. The van der Waals surface area contributed by atoms with Gasteiger partial charge in [0.1, 0.15) is 18.2 Å². The Balaban J connectivity index is 2.61. The Morgan fingerprint density at radius 1 is 1.12 bits per heavy atom. The minimum Gasteiger partial charge on any atom is -0.461 e. The number of likely N-dealkylation sites (N-methyl/N-ethyl adjacent to an activating group) is 1. The van der Waals surface area contributed by atoms with Gasteiger partial charge in [0.15, 0.2) is 0 Å². The highest BCUT2D eigenvalue weighted by Crippen LogP contribution is 2.08. The molecule has 0 spiro atoms.